The molecule has 0 spiro atoms. The van der Waals surface area contributed by atoms with Crippen LogP contribution in [0.2, 0.25) is 0 Å². The van der Waals surface area contributed by atoms with Gasteiger partial charge < -0.3 is 14.6 Å². The monoisotopic (exact) mass is 296 g/mol. The van der Waals surface area contributed by atoms with Crippen LogP contribution in [0.4, 0.5) is 0 Å². The van der Waals surface area contributed by atoms with Gasteiger partial charge in [-0.3, -0.25) is 0 Å². The highest BCUT2D eigenvalue weighted by molar-refractivity contribution is 5.99. The number of carbonyl (C=O) groups excluding carboxylic acids is 2. The molecule has 0 aliphatic heterocycles. The fourth-order valence-electron chi connectivity index (χ4n) is 2.45. The highest BCUT2D eigenvalue weighted by Crippen LogP contribution is 2.32. The fourth-order valence-corrected chi connectivity index (χ4v) is 2.45. The van der Waals surface area contributed by atoms with Gasteiger partial charge in [0.05, 0.1) is 13.7 Å². The maximum absolute atomic E-state index is 12.2. The van der Waals surface area contributed by atoms with Crippen LogP contribution in [0.3, 0.4) is 0 Å². The van der Waals surface area contributed by atoms with Gasteiger partial charge in [-0.2, -0.15) is 0 Å². The van der Waals surface area contributed by atoms with E-state index in [9.17, 15) is 14.7 Å². The summed E-state index contributed by atoms with van der Waals surface area (Å²) in [5.41, 5.74) is 1.22. The molecule has 0 unspecified atom stereocenters. The number of unbranched alkanes of at least 4 members (excludes halogenated alkanes) is 1. The van der Waals surface area contributed by atoms with Crippen molar-refractivity contribution in [3.8, 4) is 0 Å². The lowest BCUT2D eigenvalue weighted by Gasteiger charge is -2.14. The number of hydrogen-bond donors (Lipinski definition) is 1. The van der Waals surface area contributed by atoms with Gasteiger partial charge in [-0.25, -0.2) is 9.59 Å². The molecule has 0 bridgehead atoms. The summed E-state index contributed by atoms with van der Waals surface area (Å²) < 4.78 is 9.86. The van der Waals surface area contributed by atoms with Gasteiger partial charge in [-0.15, -0.1) is 0 Å². The Bertz CT molecular complexity index is 459. The lowest BCUT2D eigenvalue weighted by atomic mass is 9.94. The molecule has 0 radical (unpaired) electrons. The lowest BCUT2D eigenvalue weighted by Crippen LogP contribution is -2.15. The largest absolute Gasteiger partial charge is 0.511 e. The molecule has 0 aromatic rings. The zero-order valence-electron chi connectivity index (χ0n) is 13.0. The van der Waals surface area contributed by atoms with E-state index >= 15 is 0 Å². The van der Waals surface area contributed by atoms with Crippen molar-refractivity contribution in [2.24, 2.45) is 0 Å². The third kappa shape index (κ3) is 4.34. The first kappa shape index (κ1) is 17.3. The third-order valence-corrected chi connectivity index (χ3v) is 3.49. The summed E-state index contributed by atoms with van der Waals surface area (Å²) in [7, 11) is 1.27. The molecule has 118 valence electrons. The molecular formula is C16H24O5. The lowest BCUT2D eigenvalue weighted by molar-refractivity contribution is -0.138. The van der Waals surface area contributed by atoms with Crippen LogP contribution in [-0.4, -0.2) is 30.8 Å². The van der Waals surface area contributed by atoms with Gasteiger partial charge in [0.15, 0.2) is 0 Å². The van der Waals surface area contributed by atoms with Gasteiger partial charge in [0.2, 0.25) is 0 Å². The van der Waals surface area contributed by atoms with Gasteiger partial charge in [0, 0.05) is 12.0 Å². The van der Waals surface area contributed by atoms with Crippen LogP contribution < -0.4 is 0 Å². The predicted octanol–water partition coefficient (Wildman–Crippen LogP) is 3.21. The quantitative estimate of drug-likeness (QED) is 0.762. The standard InChI is InChI=1S/C16H24O5/c1-4-6-8-11-12(15(18)21-5-2)9-7-10-13(17)14(11)16(19)20-3/h17H,4-10H2,1-3H3. The molecule has 1 rings (SSSR count). The molecule has 0 saturated carbocycles. The molecule has 1 aliphatic rings. The molecule has 0 aromatic heterocycles. The average Bonchev–Trinajstić information content (AvgIpc) is 2.63. The van der Waals surface area contributed by atoms with Crippen LogP contribution in [0.5, 0.6) is 0 Å². The van der Waals surface area contributed by atoms with Crippen LogP contribution in [0.25, 0.3) is 0 Å². The molecule has 1 N–H and O–H groups in total. The summed E-state index contributed by atoms with van der Waals surface area (Å²) in [5, 5.41) is 10.1. The third-order valence-electron chi connectivity index (χ3n) is 3.49. The summed E-state index contributed by atoms with van der Waals surface area (Å²) >= 11 is 0. The van der Waals surface area contributed by atoms with E-state index in [1.165, 1.54) is 7.11 Å². The number of allylic oxidation sites excluding steroid dienone is 1. The topological polar surface area (TPSA) is 72.8 Å². The molecule has 5 heteroatoms. The first-order valence-corrected chi connectivity index (χ1v) is 7.46. The zero-order valence-corrected chi connectivity index (χ0v) is 13.0. The van der Waals surface area contributed by atoms with Gasteiger partial charge in [-0.1, -0.05) is 13.3 Å². The molecule has 0 atom stereocenters. The van der Waals surface area contributed by atoms with E-state index in [2.05, 4.69) is 0 Å². The maximum atomic E-state index is 12.2. The van der Waals surface area contributed by atoms with Crippen molar-refractivity contribution in [2.75, 3.05) is 13.7 Å². The number of esters is 2. The Morgan fingerprint density at radius 2 is 1.90 bits per heavy atom. The fraction of sp³-hybridized carbons (Fsp3) is 0.625. The second-order valence-corrected chi connectivity index (χ2v) is 4.95. The summed E-state index contributed by atoms with van der Waals surface area (Å²) in [6, 6.07) is 0. The van der Waals surface area contributed by atoms with Crippen molar-refractivity contribution in [1.29, 1.82) is 0 Å². The predicted molar refractivity (Wildman–Crippen MR) is 78.7 cm³/mol. The summed E-state index contributed by atoms with van der Waals surface area (Å²) in [6.45, 7) is 4.06. The number of methoxy groups -OCH3 is 1. The highest BCUT2D eigenvalue weighted by atomic mass is 16.5. The summed E-state index contributed by atoms with van der Waals surface area (Å²) in [5.74, 6) is -0.991. The molecule has 0 amide bonds. The highest BCUT2D eigenvalue weighted by Gasteiger charge is 2.28. The van der Waals surface area contributed by atoms with Crippen LogP contribution >= 0.6 is 0 Å². The Morgan fingerprint density at radius 1 is 1.19 bits per heavy atom. The van der Waals surface area contributed by atoms with Crippen molar-refractivity contribution in [3.05, 3.63) is 22.5 Å². The molecule has 0 saturated heterocycles. The second kappa shape index (κ2) is 8.49. The van der Waals surface area contributed by atoms with Crippen LogP contribution in [-0.2, 0) is 19.1 Å². The number of carbonyl (C=O) groups is 2. The summed E-state index contributed by atoms with van der Waals surface area (Å²) in [6.07, 6.45) is 3.78. The minimum atomic E-state index is -0.595. The van der Waals surface area contributed by atoms with E-state index in [1.807, 2.05) is 6.92 Å². The smallest absolute Gasteiger partial charge is 0.341 e. The van der Waals surface area contributed by atoms with Crippen molar-refractivity contribution < 1.29 is 24.2 Å². The average molecular weight is 296 g/mol. The molecule has 5 nitrogen and oxygen atoms in total. The number of aliphatic hydroxyl groups excluding tert-OH is 1. The Morgan fingerprint density at radius 3 is 2.48 bits per heavy atom. The van der Waals surface area contributed by atoms with Crippen LogP contribution in [0.15, 0.2) is 22.5 Å². The number of ether oxygens (including phenoxy) is 2. The normalized spacial score (nSPS) is 15.8. The molecule has 1 aliphatic carbocycles. The van der Waals surface area contributed by atoms with Gasteiger partial charge >= 0.3 is 11.9 Å². The second-order valence-electron chi connectivity index (χ2n) is 4.95. The van der Waals surface area contributed by atoms with E-state index in [-0.39, 0.29) is 17.9 Å². The first-order chi connectivity index (χ1) is 10.1. The van der Waals surface area contributed by atoms with Crippen LogP contribution in [0.1, 0.15) is 52.4 Å². The number of rotatable bonds is 6. The molecule has 0 heterocycles. The van der Waals surface area contributed by atoms with Gasteiger partial charge in [0.25, 0.3) is 0 Å². The van der Waals surface area contributed by atoms with Crippen molar-refractivity contribution in [1.82, 2.24) is 0 Å². The van der Waals surface area contributed by atoms with Crippen molar-refractivity contribution in [2.45, 2.75) is 52.4 Å². The Balaban J connectivity index is 3.33. The molecule has 0 aromatic carbocycles. The van der Waals surface area contributed by atoms with Crippen molar-refractivity contribution >= 4 is 11.9 Å². The number of aliphatic hydroxyl groups is 1. The van der Waals surface area contributed by atoms with E-state index in [1.54, 1.807) is 6.92 Å². The zero-order chi connectivity index (χ0) is 15.8. The van der Waals surface area contributed by atoms with E-state index in [0.29, 0.717) is 36.8 Å². The Hall–Kier alpha value is -1.78. The van der Waals surface area contributed by atoms with Gasteiger partial charge in [0.1, 0.15) is 11.3 Å². The van der Waals surface area contributed by atoms with Crippen molar-refractivity contribution in [3.63, 3.8) is 0 Å². The maximum Gasteiger partial charge on any atom is 0.341 e. The Kier molecular flexibility index (Phi) is 6.99. The van der Waals surface area contributed by atoms with E-state index in [0.717, 1.165) is 12.8 Å². The van der Waals surface area contributed by atoms with Gasteiger partial charge in [-0.05, 0) is 38.2 Å². The minimum absolute atomic E-state index is 0.00671. The number of hydrogen-bond acceptors (Lipinski definition) is 5. The van der Waals surface area contributed by atoms with Crippen LogP contribution in [0, 0.1) is 0 Å². The molecular weight excluding hydrogens is 272 g/mol. The minimum Gasteiger partial charge on any atom is -0.511 e. The molecule has 0 fully saturated rings. The van der Waals surface area contributed by atoms with E-state index in [4.69, 9.17) is 9.47 Å². The Labute approximate surface area is 125 Å². The SMILES string of the molecule is CCCCC1=C(C(=O)OCC)CCCC(O)=C1C(=O)OC. The van der Waals surface area contributed by atoms with E-state index < -0.39 is 11.9 Å². The summed E-state index contributed by atoms with van der Waals surface area (Å²) in [4.78, 5) is 24.2. The first-order valence-electron chi connectivity index (χ1n) is 7.46. The molecule has 21 heavy (non-hydrogen) atoms.